The second-order valence-electron chi connectivity index (χ2n) is 5.26. The molecule has 1 aromatic heterocycles. The second kappa shape index (κ2) is 6.82. The molecule has 2 heterocycles. The van der Waals surface area contributed by atoms with Crippen molar-refractivity contribution < 1.29 is 4.74 Å². The third-order valence-corrected chi connectivity index (χ3v) is 3.51. The van der Waals surface area contributed by atoms with E-state index in [1.807, 2.05) is 6.20 Å². The molecule has 0 saturated carbocycles. The molecule has 1 aromatic rings. The van der Waals surface area contributed by atoms with Gasteiger partial charge in [0.1, 0.15) is 0 Å². The SMILES string of the molecule is COc1ncc(CCN2CCNCC2)c(C(C)C)n1. The monoisotopic (exact) mass is 264 g/mol. The highest BCUT2D eigenvalue weighted by atomic mass is 16.5. The molecular formula is C14H24N4O. The Morgan fingerprint density at radius 3 is 2.74 bits per heavy atom. The first kappa shape index (κ1) is 14.2. The number of hydrogen-bond donors (Lipinski definition) is 1. The van der Waals surface area contributed by atoms with Gasteiger partial charge in [-0.2, -0.15) is 4.98 Å². The highest BCUT2D eigenvalue weighted by Gasteiger charge is 2.14. The Balaban J connectivity index is 2.02. The molecule has 0 bridgehead atoms. The van der Waals surface area contributed by atoms with Gasteiger partial charge in [0, 0.05) is 38.9 Å². The maximum atomic E-state index is 5.11. The molecule has 106 valence electrons. The van der Waals surface area contributed by atoms with E-state index in [1.165, 1.54) is 5.56 Å². The van der Waals surface area contributed by atoms with Gasteiger partial charge in [-0.1, -0.05) is 13.8 Å². The molecule has 0 spiro atoms. The first-order valence-electron chi connectivity index (χ1n) is 7.03. The van der Waals surface area contributed by atoms with Crippen LogP contribution in [0.4, 0.5) is 0 Å². The number of methoxy groups -OCH3 is 1. The summed E-state index contributed by atoms with van der Waals surface area (Å²) < 4.78 is 5.11. The lowest BCUT2D eigenvalue weighted by molar-refractivity contribution is 0.243. The van der Waals surface area contributed by atoms with Crippen molar-refractivity contribution in [3.8, 4) is 6.01 Å². The molecule has 0 aliphatic carbocycles. The molecule has 1 fully saturated rings. The third kappa shape index (κ3) is 3.88. The van der Waals surface area contributed by atoms with E-state index in [1.54, 1.807) is 7.11 Å². The molecule has 0 unspecified atom stereocenters. The van der Waals surface area contributed by atoms with Gasteiger partial charge >= 0.3 is 6.01 Å². The molecule has 5 nitrogen and oxygen atoms in total. The van der Waals surface area contributed by atoms with Crippen LogP contribution in [0.5, 0.6) is 6.01 Å². The highest BCUT2D eigenvalue weighted by molar-refractivity contribution is 5.22. The number of aromatic nitrogens is 2. The minimum absolute atomic E-state index is 0.398. The van der Waals surface area contributed by atoms with Crippen molar-refractivity contribution in [1.29, 1.82) is 0 Å². The van der Waals surface area contributed by atoms with Crippen LogP contribution in [0.3, 0.4) is 0 Å². The van der Waals surface area contributed by atoms with E-state index < -0.39 is 0 Å². The fourth-order valence-corrected chi connectivity index (χ4v) is 2.41. The summed E-state index contributed by atoms with van der Waals surface area (Å²) in [5, 5.41) is 3.37. The fourth-order valence-electron chi connectivity index (χ4n) is 2.41. The number of nitrogens with zero attached hydrogens (tertiary/aromatic N) is 3. The molecule has 0 amide bonds. The highest BCUT2D eigenvalue weighted by Crippen LogP contribution is 2.19. The van der Waals surface area contributed by atoms with Gasteiger partial charge in [0.15, 0.2) is 0 Å². The summed E-state index contributed by atoms with van der Waals surface area (Å²) in [7, 11) is 1.61. The van der Waals surface area contributed by atoms with Crippen molar-refractivity contribution in [2.75, 3.05) is 39.8 Å². The molecule has 19 heavy (non-hydrogen) atoms. The van der Waals surface area contributed by atoms with Crippen LogP contribution in [0.1, 0.15) is 31.0 Å². The van der Waals surface area contributed by atoms with Gasteiger partial charge in [-0.15, -0.1) is 0 Å². The van der Waals surface area contributed by atoms with Gasteiger partial charge in [-0.05, 0) is 17.9 Å². The van der Waals surface area contributed by atoms with Crippen LogP contribution in [0, 0.1) is 0 Å². The largest absolute Gasteiger partial charge is 0.467 e. The Labute approximate surface area is 115 Å². The number of ether oxygens (including phenoxy) is 1. The normalized spacial score (nSPS) is 16.8. The van der Waals surface area contributed by atoms with Crippen molar-refractivity contribution in [1.82, 2.24) is 20.2 Å². The molecule has 2 rings (SSSR count). The van der Waals surface area contributed by atoms with Crippen molar-refractivity contribution in [3.05, 3.63) is 17.5 Å². The number of hydrogen-bond acceptors (Lipinski definition) is 5. The number of nitrogens with one attached hydrogen (secondary N) is 1. The van der Waals surface area contributed by atoms with Crippen molar-refractivity contribution in [3.63, 3.8) is 0 Å². The summed E-state index contributed by atoms with van der Waals surface area (Å²) >= 11 is 0. The molecule has 0 atom stereocenters. The third-order valence-electron chi connectivity index (χ3n) is 3.51. The van der Waals surface area contributed by atoms with Gasteiger partial charge < -0.3 is 15.0 Å². The molecular weight excluding hydrogens is 240 g/mol. The van der Waals surface area contributed by atoms with Crippen LogP contribution in [0.25, 0.3) is 0 Å². The quantitative estimate of drug-likeness (QED) is 0.861. The van der Waals surface area contributed by atoms with Gasteiger partial charge in [0.05, 0.1) is 12.8 Å². The van der Waals surface area contributed by atoms with Crippen LogP contribution < -0.4 is 10.1 Å². The van der Waals surface area contributed by atoms with Crippen molar-refractivity contribution >= 4 is 0 Å². The van der Waals surface area contributed by atoms with Crippen LogP contribution in [0.15, 0.2) is 6.20 Å². The maximum absolute atomic E-state index is 5.11. The zero-order valence-corrected chi connectivity index (χ0v) is 12.1. The average molecular weight is 264 g/mol. The maximum Gasteiger partial charge on any atom is 0.316 e. The van der Waals surface area contributed by atoms with E-state index in [4.69, 9.17) is 4.74 Å². The molecule has 0 radical (unpaired) electrons. The van der Waals surface area contributed by atoms with Crippen LogP contribution in [-0.2, 0) is 6.42 Å². The van der Waals surface area contributed by atoms with Gasteiger partial charge in [0.2, 0.25) is 0 Å². The second-order valence-corrected chi connectivity index (χ2v) is 5.26. The number of rotatable bonds is 5. The molecule has 1 saturated heterocycles. The van der Waals surface area contributed by atoms with Gasteiger partial charge in [-0.3, -0.25) is 0 Å². The van der Waals surface area contributed by atoms with E-state index >= 15 is 0 Å². The smallest absolute Gasteiger partial charge is 0.316 e. The Hall–Kier alpha value is -1.20. The summed E-state index contributed by atoms with van der Waals surface area (Å²) in [6, 6.07) is 0.467. The predicted octanol–water partition coefficient (Wildman–Crippen LogP) is 1.06. The first-order chi connectivity index (χ1) is 9.20. The molecule has 5 heteroatoms. The molecule has 1 aliphatic heterocycles. The van der Waals surface area contributed by atoms with Crippen molar-refractivity contribution in [2.45, 2.75) is 26.2 Å². The Morgan fingerprint density at radius 1 is 1.37 bits per heavy atom. The first-order valence-corrected chi connectivity index (χ1v) is 7.03. The minimum atomic E-state index is 0.398. The van der Waals surface area contributed by atoms with Gasteiger partial charge in [-0.25, -0.2) is 4.98 Å². The van der Waals surface area contributed by atoms with E-state index in [0.717, 1.165) is 44.8 Å². The van der Waals surface area contributed by atoms with E-state index in [0.29, 0.717) is 11.9 Å². The lowest BCUT2D eigenvalue weighted by Gasteiger charge is -2.27. The predicted molar refractivity (Wildman–Crippen MR) is 75.7 cm³/mol. The summed E-state index contributed by atoms with van der Waals surface area (Å²) in [4.78, 5) is 11.2. The van der Waals surface area contributed by atoms with Crippen LogP contribution >= 0.6 is 0 Å². The van der Waals surface area contributed by atoms with E-state index in [9.17, 15) is 0 Å². The molecule has 1 N–H and O–H groups in total. The zero-order valence-electron chi connectivity index (χ0n) is 12.1. The summed E-state index contributed by atoms with van der Waals surface area (Å²) in [6.07, 6.45) is 2.93. The lowest BCUT2D eigenvalue weighted by atomic mass is 10.0. The summed E-state index contributed by atoms with van der Waals surface area (Å²) in [5.41, 5.74) is 2.36. The Bertz CT molecular complexity index is 402. The summed E-state index contributed by atoms with van der Waals surface area (Å²) in [5.74, 6) is 0.398. The lowest BCUT2D eigenvalue weighted by Crippen LogP contribution is -2.44. The number of piperazine rings is 1. The average Bonchev–Trinajstić information content (AvgIpc) is 2.46. The molecule has 0 aromatic carbocycles. The fraction of sp³-hybridized carbons (Fsp3) is 0.714. The van der Waals surface area contributed by atoms with Crippen molar-refractivity contribution in [2.24, 2.45) is 0 Å². The standard InChI is InChI=1S/C14H24N4O/c1-11(2)13-12(10-16-14(17-13)19-3)4-7-18-8-5-15-6-9-18/h10-11,15H,4-9H2,1-3H3. The topological polar surface area (TPSA) is 50.3 Å². The van der Waals surface area contributed by atoms with E-state index in [-0.39, 0.29) is 0 Å². The Kier molecular flexibility index (Phi) is 5.10. The zero-order chi connectivity index (χ0) is 13.7. The van der Waals surface area contributed by atoms with Crippen LogP contribution in [-0.4, -0.2) is 54.7 Å². The van der Waals surface area contributed by atoms with E-state index in [2.05, 4.69) is 34.0 Å². The van der Waals surface area contributed by atoms with Crippen LogP contribution in [0.2, 0.25) is 0 Å². The Morgan fingerprint density at radius 2 is 2.11 bits per heavy atom. The summed E-state index contributed by atoms with van der Waals surface area (Å²) in [6.45, 7) is 9.86. The minimum Gasteiger partial charge on any atom is -0.467 e. The van der Waals surface area contributed by atoms with Gasteiger partial charge in [0.25, 0.3) is 0 Å². The molecule has 1 aliphatic rings.